The first-order valence-electron chi connectivity index (χ1n) is 10.3. The van der Waals surface area contributed by atoms with Crippen molar-refractivity contribution in [3.05, 3.63) is 93.8 Å². The number of aromatic nitrogens is 2. The summed E-state index contributed by atoms with van der Waals surface area (Å²) in [6.45, 7) is 0. The number of aliphatic hydroxyl groups excluding tert-OH is 1. The topological polar surface area (TPSA) is 136 Å². The summed E-state index contributed by atoms with van der Waals surface area (Å²) in [6, 6.07) is 13.0. The Labute approximate surface area is 201 Å². The van der Waals surface area contributed by atoms with Crippen LogP contribution in [0.5, 0.6) is 5.75 Å². The van der Waals surface area contributed by atoms with Gasteiger partial charge in [-0.05, 0) is 29.8 Å². The van der Waals surface area contributed by atoms with Crippen LogP contribution in [0.1, 0.15) is 17.2 Å². The van der Waals surface area contributed by atoms with Gasteiger partial charge in [0.2, 0.25) is 0 Å². The number of anilines is 1. The molecule has 0 bridgehead atoms. The van der Waals surface area contributed by atoms with E-state index in [0.29, 0.717) is 27.1 Å². The fourth-order valence-corrected chi connectivity index (χ4v) is 4.95. The van der Waals surface area contributed by atoms with Crippen molar-refractivity contribution in [3.8, 4) is 5.75 Å². The number of amides is 1. The second-order valence-electron chi connectivity index (χ2n) is 7.59. The molecule has 10 nitrogen and oxygen atoms in total. The molecule has 5 rings (SSSR count). The van der Waals surface area contributed by atoms with E-state index in [4.69, 9.17) is 4.74 Å². The summed E-state index contributed by atoms with van der Waals surface area (Å²) >= 11 is 1.04. The largest absolute Gasteiger partial charge is 0.507 e. The van der Waals surface area contributed by atoms with E-state index in [1.807, 2.05) is 0 Å². The molecule has 2 aromatic heterocycles. The molecule has 35 heavy (non-hydrogen) atoms. The van der Waals surface area contributed by atoms with Gasteiger partial charge in [0.15, 0.2) is 5.13 Å². The van der Waals surface area contributed by atoms with Crippen LogP contribution in [-0.2, 0) is 9.59 Å². The highest BCUT2D eigenvalue weighted by atomic mass is 32.1. The number of methoxy groups -OCH3 is 1. The van der Waals surface area contributed by atoms with E-state index in [9.17, 15) is 24.8 Å². The Balaban J connectivity index is 1.70. The second kappa shape index (κ2) is 8.61. The number of hydrogen-bond donors (Lipinski definition) is 1. The number of ether oxygens (including phenoxy) is 1. The smallest absolute Gasteiger partial charge is 0.301 e. The fourth-order valence-electron chi connectivity index (χ4n) is 3.93. The maximum Gasteiger partial charge on any atom is 0.301 e. The Bertz CT molecular complexity index is 1530. The molecule has 2 aromatic carbocycles. The fraction of sp³-hybridized carbons (Fsp3) is 0.0833. The maximum absolute atomic E-state index is 13.3. The van der Waals surface area contributed by atoms with E-state index in [-0.39, 0.29) is 22.2 Å². The third kappa shape index (κ3) is 3.77. The lowest BCUT2D eigenvalue weighted by atomic mass is 9.96. The minimum Gasteiger partial charge on any atom is -0.507 e. The number of carbonyl (C=O) groups is 2. The molecular formula is C24H16N4O6S. The van der Waals surface area contributed by atoms with Gasteiger partial charge in [-0.3, -0.25) is 29.6 Å². The monoisotopic (exact) mass is 488 g/mol. The van der Waals surface area contributed by atoms with Crippen molar-refractivity contribution in [3.63, 3.8) is 0 Å². The average molecular weight is 488 g/mol. The lowest BCUT2D eigenvalue weighted by molar-refractivity contribution is -0.384. The summed E-state index contributed by atoms with van der Waals surface area (Å²) in [6.07, 6.45) is 3.05. The van der Waals surface area contributed by atoms with Crippen molar-refractivity contribution in [2.24, 2.45) is 0 Å². The maximum atomic E-state index is 13.3. The number of hydrogen-bond acceptors (Lipinski definition) is 9. The molecule has 1 unspecified atom stereocenters. The summed E-state index contributed by atoms with van der Waals surface area (Å²) in [5, 5.41) is 22.5. The van der Waals surface area contributed by atoms with Crippen molar-refractivity contribution in [2.75, 3.05) is 12.0 Å². The number of ketones is 1. The molecule has 1 amide bonds. The molecule has 1 atom stereocenters. The number of nitrogens with zero attached hydrogens (tertiary/aromatic N) is 4. The molecule has 4 aromatic rings. The molecule has 1 aliphatic heterocycles. The van der Waals surface area contributed by atoms with Gasteiger partial charge >= 0.3 is 5.91 Å². The SMILES string of the molecule is COc1cccc(/C(O)=C2\C(=O)C(=O)N(c3nc4ccc([N+](=O)[O-])cc4s3)C2c2cccnc2)c1. The van der Waals surface area contributed by atoms with Crippen LogP contribution in [0.25, 0.3) is 16.0 Å². The molecule has 11 heteroatoms. The third-order valence-electron chi connectivity index (χ3n) is 5.57. The zero-order valence-corrected chi connectivity index (χ0v) is 18.9. The Morgan fingerprint density at radius 3 is 2.71 bits per heavy atom. The molecule has 1 aliphatic rings. The van der Waals surface area contributed by atoms with Crippen LogP contribution in [0.4, 0.5) is 10.8 Å². The number of fused-ring (bicyclic) bond motifs is 1. The number of pyridine rings is 1. The predicted octanol–water partition coefficient (Wildman–Crippen LogP) is 4.23. The minimum atomic E-state index is -1.01. The highest BCUT2D eigenvalue weighted by molar-refractivity contribution is 7.22. The molecule has 1 fully saturated rings. The summed E-state index contributed by atoms with van der Waals surface area (Å²) in [5.74, 6) is -1.66. The van der Waals surface area contributed by atoms with E-state index in [1.165, 1.54) is 36.4 Å². The van der Waals surface area contributed by atoms with Gasteiger partial charge in [-0.15, -0.1) is 0 Å². The number of nitro benzene ring substituents is 1. The van der Waals surface area contributed by atoms with Crippen LogP contribution in [0.2, 0.25) is 0 Å². The molecule has 0 saturated carbocycles. The first-order chi connectivity index (χ1) is 16.9. The number of Topliss-reactive ketones (excluding diaryl/α,β-unsaturated/α-hetero) is 1. The lowest BCUT2D eigenvalue weighted by Gasteiger charge is -2.22. The number of nitro groups is 1. The number of benzene rings is 2. The quantitative estimate of drug-likeness (QED) is 0.145. The molecular weight excluding hydrogens is 472 g/mol. The lowest BCUT2D eigenvalue weighted by Crippen LogP contribution is -2.29. The summed E-state index contributed by atoms with van der Waals surface area (Å²) in [7, 11) is 1.48. The van der Waals surface area contributed by atoms with Gasteiger partial charge in [0, 0.05) is 30.1 Å². The number of non-ortho nitro benzene ring substituents is 1. The summed E-state index contributed by atoms with van der Waals surface area (Å²) < 4.78 is 5.70. The Hall–Kier alpha value is -4.64. The van der Waals surface area contributed by atoms with Gasteiger partial charge in [-0.2, -0.15) is 0 Å². The number of rotatable bonds is 5. The summed E-state index contributed by atoms with van der Waals surface area (Å²) in [4.78, 5) is 46.9. The predicted molar refractivity (Wildman–Crippen MR) is 128 cm³/mol. The third-order valence-corrected chi connectivity index (χ3v) is 6.58. The van der Waals surface area contributed by atoms with Gasteiger partial charge < -0.3 is 9.84 Å². The van der Waals surface area contributed by atoms with Crippen molar-refractivity contribution < 1.29 is 24.4 Å². The van der Waals surface area contributed by atoms with Crippen LogP contribution >= 0.6 is 11.3 Å². The highest BCUT2D eigenvalue weighted by Crippen LogP contribution is 2.44. The van der Waals surface area contributed by atoms with E-state index in [2.05, 4.69) is 9.97 Å². The van der Waals surface area contributed by atoms with Crippen LogP contribution in [0.3, 0.4) is 0 Å². The van der Waals surface area contributed by atoms with Gasteiger partial charge in [-0.25, -0.2) is 4.98 Å². The Kier molecular flexibility index (Phi) is 5.46. The molecule has 0 spiro atoms. The zero-order chi connectivity index (χ0) is 24.7. The van der Waals surface area contributed by atoms with Crippen molar-refractivity contribution in [1.29, 1.82) is 0 Å². The Morgan fingerprint density at radius 2 is 2.00 bits per heavy atom. The van der Waals surface area contributed by atoms with E-state index in [1.54, 1.807) is 42.6 Å². The van der Waals surface area contributed by atoms with Gasteiger partial charge in [0.25, 0.3) is 11.5 Å². The number of carbonyl (C=O) groups excluding carboxylic acids is 2. The first kappa shape index (κ1) is 22.2. The molecule has 1 N–H and O–H groups in total. The first-order valence-corrected chi connectivity index (χ1v) is 11.1. The molecule has 1 saturated heterocycles. The molecule has 0 radical (unpaired) electrons. The van der Waals surface area contributed by atoms with Crippen LogP contribution in [0.15, 0.2) is 72.6 Å². The number of aliphatic hydroxyl groups is 1. The zero-order valence-electron chi connectivity index (χ0n) is 18.1. The van der Waals surface area contributed by atoms with Gasteiger partial charge in [0.1, 0.15) is 11.5 Å². The normalized spacial score (nSPS) is 17.2. The van der Waals surface area contributed by atoms with Crippen molar-refractivity contribution in [2.45, 2.75) is 6.04 Å². The second-order valence-corrected chi connectivity index (χ2v) is 8.60. The molecule has 174 valence electrons. The van der Waals surface area contributed by atoms with E-state index >= 15 is 0 Å². The van der Waals surface area contributed by atoms with E-state index in [0.717, 1.165) is 11.3 Å². The standard InChI is InChI=1S/C24H16N4O6S/c1-34-16-6-2-4-13(10-16)21(29)19-20(14-5-3-9-25-12-14)27(23(31)22(19)30)24-26-17-8-7-15(28(32)33)11-18(17)35-24/h2-12,20,29H,1H3/b21-19+. The van der Waals surface area contributed by atoms with Crippen LogP contribution in [-0.4, -0.2) is 38.8 Å². The van der Waals surface area contributed by atoms with Crippen LogP contribution < -0.4 is 9.64 Å². The van der Waals surface area contributed by atoms with Crippen molar-refractivity contribution in [1.82, 2.24) is 9.97 Å². The van der Waals surface area contributed by atoms with E-state index < -0.39 is 22.7 Å². The van der Waals surface area contributed by atoms with Gasteiger partial charge in [-0.1, -0.05) is 29.5 Å². The molecule has 0 aliphatic carbocycles. The average Bonchev–Trinajstić information content (AvgIpc) is 3.41. The minimum absolute atomic E-state index is 0.114. The molecule has 3 heterocycles. The Morgan fingerprint density at radius 1 is 1.17 bits per heavy atom. The number of thiazole rings is 1. The highest BCUT2D eigenvalue weighted by Gasteiger charge is 2.48. The van der Waals surface area contributed by atoms with Gasteiger partial charge in [0.05, 0.1) is 33.9 Å². The van der Waals surface area contributed by atoms with Crippen LogP contribution in [0, 0.1) is 10.1 Å². The van der Waals surface area contributed by atoms with Crippen molar-refractivity contribution >= 4 is 49.8 Å². The summed E-state index contributed by atoms with van der Waals surface area (Å²) in [5.41, 5.74) is 0.992.